The van der Waals surface area contributed by atoms with Crippen molar-refractivity contribution < 1.29 is 9.90 Å². The number of carbonyl (C=O) groups is 1. The zero-order valence-corrected chi connectivity index (χ0v) is 11.1. The molecular weight excluding hydrogens is 228 g/mol. The normalized spacial score (nSPS) is 10.3. The van der Waals surface area contributed by atoms with Gasteiger partial charge in [-0.15, -0.1) is 0 Å². The van der Waals surface area contributed by atoms with Gasteiger partial charge in [0.15, 0.2) is 0 Å². The monoisotopic (exact) mass is 250 g/mol. The van der Waals surface area contributed by atoms with Crippen molar-refractivity contribution in [2.45, 2.75) is 26.8 Å². The number of phenols is 1. The number of amides is 1. The van der Waals surface area contributed by atoms with Gasteiger partial charge in [-0.05, 0) is 31.5 Å². The quantitative estimate of drug-likeness (QED) is 0.725. The fraction of sp³-hybridized carbons (Fsp3) is 0.500. The molecule has 1 aromatic carbocycles. The summed E-state index contributed by atoms with van der Waals surface area (Å²) in [5.74, 6) is 0.466. The predicted octanol–water partition coefficient (Wildman–Crippen LogP) is 1.74. The molecule has 0 aliphatic rings. The Balaban J connectivity index is 2.22. The molecule has 0 aromatic heterocycles. The van der Waals surface area contributed by atoms with Crippen LogP contribution in [0.1, 0.15) is 25.8 Å². The Labute approximate surface area is 109 Å². The number of benzene rings is 1. The molecule has 18 heavy (non-hydrogen) atoms. The number of aromatic hydroxyl groups is 1. The molecule has 0 aliphatic heterocycles. The Morgan fingerprint density at radius 1 is 1.22 bits per heavy atom. The largest absolute Gasteiger partial charge is 0.508 e. The van der Waals surface area contributed by atoms with Crippen molar-refractivity contribution in [2.75, 3.05) is 19.6 Å². The van der Waals surface area contributed by atoms with E-state index in [0.717, 1.165) is 18.7 Å². The van der Waals surface area contributed by atoms with Gasteiger partial charge in [-0.25, -0.2) is 0 Å². The van der Waals surface area contributed by atoms with Crippen LogP contribution in [-0.4, -0.2) is 35.5 Å². The summed E-state index contributed by atoms with van der Waals surface area (Å²) in [6.45, 7) is 6.92. The molecule has 0 unspecified atom stereocenters. The molecule has 0 heterocycles. The third-order valence-corrected chi connectivity index (χ3v) is 2.90. The molecular formula is C14H22N2O2. The van der Waals surface area contributed by atoms with Gasteiger partial charge in [-0.1, -0.05) is 12.1 Å². The van der Waals surface area contributed by atoms with Crippen molar-refractivity contribution in [2.24, 2.45) is 0 Å². The van der Waals surface area contributed by atoms with Crippen molar-refractivity contribution >= 4 is 5.91 Å². The molecule has 0 saturated heterocycles. The van der Waals surface area contributed by atoms with E-state index in [2.05, 4.69) is 5.32 Å². The van der Waals surface area contributed by atoms with Crippen LogP contribution in [-0.2, 0) is 11.3 Å². The summed E-state index contributed by atoms with van der Waals surface area (Å²) >= 11 is 0. The van der Waals surface area contributed by atoms with Crippen molar-refractivity contribution in [1.29, 1.82) is 0 Å². The minimum atomic E-state index is 0.193. The molecule has 0 atom stereocenters. The van der Waals surface area contributed by atoms with Crippen molar-refractivity contribution in [3.8, 4) is 5.75 Å². The Kier molecular flexibility index (Phi) is 6.22. The lowest BCUT2D eigenvalue weighted by Gasteiger charge is -2.18. The smallest absolute Gasteiger partial charge is 0.223 e. The number of nitrogens with zero attached hydrogens (tertiary/aromatic N) is 1. The summed E-state index contributed by atoms with van der Waals surface area (Å²) in [6.07, 6.45) is 0.528. The molecule has 0 fully saturated rings. The van der Waals surface area contributed by atoms with Gasteiger partial charge in [0.2, 0.25) is 5.91 Å². The highest BCUT2D eigenvalue weighted by Gasteiger charge is 2.07. The number of hydrogen-bond donors (Lipinski definition) is 2. The van der Waals surface area contributed by atoms with E-state index in [-0.39, 0.29) is 11.7 Å². The third kappa shape index (κ3) is 4.75. The second-order valence-corrected chi connectivity index (χ2v) is 4.16. The van der Waals surface area contributed by atoms with E-state index in [0.29, 0.717) is 19.5 Å². The van der Waals surface area contributed by atoms with Crippen LogP contribution in [0, 0.1) is 0 Å². The van der Waals surface area contributed by atoms with Gasteiger partial charge < -0.3 is 15.3 Å². The molecule has 1 aromatic rings. The van der Waals surface area contributed by atoms with Crippen LogP contribution in [0.3, 0.4) is 0 Å². The molecule has 1 rings (SSSR count). The van der Waals surface area contributed by atoms with Gasteiger partial charge >= 0.3 is 0 Å². The molecule has 4 nitrogen and oxygen atoms in total. The van der Waals surface area contributed by atoms with E-state index in [4.69, 9.17) is 5.11 Å². The number of nitrogens with one attached hydrogen (secondary N) is 1. The van der Waals surface area contributed by atoms with Gasteiger partial charge in [-0.3, -0.25) is 4.79 Å². The van der Waals surface area contributed by atoms with Crippen LogP contribution in [0.2, 0.25) is 0 Å². The van der Waals surface area contributed by atoms with E-state index in [1.807, 2.05) is 30.9 Å². The predicted molar refractivity (Wildman–Crippen MR) is 72.4 cm³/mol. The van der Waals surface area contributed by atoms with Crippen LogP contribution < -0.4 is 5.32 Å². The average Bonchev–Trinajstić information content (AvgIpc) is 2.38. The van der Waals surface area contributed by atoms with Crippen LogP contribution in [0.5, 0.6) is 5.75 Å². The topological polar surface area (TPSA) is 52.6 Å². The molecule has 100 valence electrons. The zero-order chi connectivity index (χ0) is 13.4. The van der Waals surface area contributed by atoms with Crippen molar-refractivity contribution in [1.82, 2.24) is 10.2 Å². The average molecular weight is 250 g/mol. The molecule has 4 heteroatoms. The highest BCUT2D eigenvalue weighted by molar-refractivity contribution is 5.76. The van der Waals surface area contributed by atoms with Gasteiger partial charge in [0.05, 0.1) is 0 Å². The van der Waals surface area contributed by atoms with Crippen LogP contribution in [0.15, 0.2) is 24.3 Å². The summed E-state index contributed by atoms with van der Waals surface area (Å²) in [6, 6.07) is 7.07. The first-order valence-corrected chi connectivity index (χ1v) is 6.43. The number of hydrogen-bond acceptors (Lipinski definition) is 3. The van der Waals surface area contributed by atoms with Gasteiger partial charge in [0, 0.05) is 32.6 Å². The summed E-state index contributed by atoms with van der Waals surface area (Å²) in [7, 11) is 0. The van der Waals surface area contributed by atoms with E-state index >= 15 is 0 Å². The number of phenolic OH excluding ortho intramolecular Hbond substituents is 1. The first kappa shape index (κ1) is 14.5. The second kappa shape index (κ2) is 7.71. The molecule has 0 spiro atoms. The molecule has 0 saturated carbocycles. The fourth-order valence-electron chi connectivity index (χ4n) is 1.78. The first-order chi connectivity index (χ1) is 8.67. The lowest BCUT2D eigenvalue weighted by Crippen LogP contribution is -2.32. The molecule has 0 aliphatic carbocycles. The second-order valence-electron chi connectivity index (χ2n) is 4.16. The Bertz CT molecular complexity index is 359. The fourth-order valence-corrected chi connectivity index (χ4v) is 1.78. The zero-order valence-electron chi connectivity index (χ0n) is 11.1. The molecule has 1 amide bonds. The summed E-state index contributed by atoms with van der Waals surface area (Å²) in [4.78, 5) is 13.5. The summed E-state index contributed by atoms with van der Waals surface area (Å²) < 4.78 is 0. The number of carbonyl (C=O) groups excluding carboxylic acids is 1. The maximum absolute atomic E-state index is 11.7. The SMILES string of the molecule is CCN(CC)C(=O)CCNCc1ccc(O)cc1. The molecule has 2 N–H and O–H groups in total. The first-order valence-electron chi connectivity index (χ1n) is 6.43. The summed E-state index contributed by atoms with van der Waals surface area (Å²) in [5, 5.41) is 12.4. The van der Waals surface area contributed by atoms with Crippen LogP contribution >= 0.6 is 0 Å². The lowest BCUT2D eigenvalue weighted by molar-refractivity contribution is -0.130. The standard InChI is InChI=1S/C14H22N2O2/c1-3-16(4-2)14(18)9-10-15-11-12-5-7-13(17)8-6-12/h5-8,15,17H,3-4,9-11H2,1-2H3. The highest BCUT2D eigenvalue weighted by atomic mass is 16.3. The Morgan fingerprint density at radius 2 is 1.83 bits per heavy atom. The van der Waals surface area contributed by atoms with Crippen molar-refractivity contribution in [3.63, 3.8) is 0 Å². The van der Waals surface area contributed by atoms with E-state index in [1.54, 1.807) is 12.1 Å². The maximum atomic E-state index is 11.7. The van der Waals surface area contributed by atoms with Crippen molar-refractivity contribution in [3.05, 3.63) is 29.8 Å². The lowest BCUT2D eigenvalue weighted by atomic mass is 10.2. The van der Waals surface area contributed by atoms with Crippen LogP contribution in [0.4, 0.5) is 0 Å². The summed E-state index contributed by atoms with van der Waals surface area (Å²) in [5.41, 5.74) is 1.10. The van der Waals surface area contributed by atoms with Gasteiger partial charge in [0.25, 0.3) is 0 Å². The number of rotatable bonds is 7. The van der Waals surface area contributed by atoms with Gasteiger partial charge in [-0.2, -0.15) is 0 Å². The van der Waals surface area contributed by atoms with E-state index < -0.39 is 0 Å². The van der Waals surface area contributed by atoms with Crippen LogP contribution in [0.25, 0.3) is 0 Å². The Morgan fingerprint density at radius 3 is 2.39 bits per heavy atom. The Hall–Kier alpha value is -1.55. The van der Waals surface area contributed by atoms with Gasteiger partial charge in [0.1, 0.15) is 5.75 Å². The van der Waals surface area contributed by atoms with E-state index in [1.165, 1.54) is 0 Å². The maximum Gasteiger partial charge on any atom is 0.223 e. The molecule has 0 radical (unpaired) electrons. The third-order valence-electron chi connectivity index (χ3n) is 2.90. The minimum absolute atomic E-state index is 0.193. The van der Waals surface area contributed by atoms with E-state index in [9.17, 15) is 4.79 Å². The minimum Gasteiger partial charge on any atom is -0.508 e. The highest BCUT2D eigenvalue weighted by Crippen LogP contribution is 2.09. The molecule has 0 bridgehead atoms.